The lowest BCUT2D eigenvalue weighted by Crippen LogP contribution is -2.31. The quantitative estimate of drug-likeness (QED) is 0.223. The molecule has 3 aliphatic carbocycles. The molecule has 3 aliphatic rings. The monoisotopic (exact) mass is 683 g/mol. The predicted molar refractivity (Wildman–Crippen MR) is 159 cm³/mol. The number of aryl methyl sites for hydroxylation is 1. The van der Waals surface area contributed by atoms with E-state index in [1.54, 1.807) is 4.57 Å². The van der Waals surface area contributed by atoms with E-state index >= 15 is 0 Å². The fourth-order valence-corrected chi connectivity index (χ4v) is 8.26. The van der Waals surface area contributed by atoms with Crippen LogP contribution in [0.1, 0.15) is 60.7 Å². The fourth-order valence-electron chi connectivity index (χ4n) is 7.73. The second-order valence-electron chi connectivity index (χ2n) is 12.2. The van der Waals surface area contributed by atoms with Gasteiger partial charge < -0.3 is 14.2 Å². The number of carbonyl (C=O) groups is 3. The highest BCUT2D eigenvalue weighted by molar-refractivity contribution is 9.10. The summed E-state index contributed by atoms with van der Waals surface area (Å²) < 4.78 is 20.2. The number of nitrogens with zero attached hydrogens (tertiary/aromatic N) is 1. The first-order valence-electron chi connectivity index (χ1n) is 13.5. The molecule has 0 N–H and O–H groups in total. The lowest BCUT2D eigenvalue weighted by molar-refractivity contribution is -0.146. The van der Waals surface area contributed by atoms with E-state index in [1.807, 2.05) is 82.3 Å². The number of ether oxygens (including phenoxy) is 3. The summed E-state index contributed by atoms with van der Waals surface area (Å²) >= 11 is 7.02. The molecule has 0 radical (unpaired) electrons. The van der Waals surface area contributed by atoms with Crippen LogP contribution in [0.3, 0.4) is 0 Å². The summed E-state index contributed by atoms with van der Waals surface area (Å²) in [6, 6.07) is 17.3. The van der Waals surface area contributed by atoms with Gasteiger partial charge in [0.25, 0.3) is 0 Å². The van der Waals surface area contributed by atoms with Gasteiger partial charge in [-0.25, -0.2) is 4.79 Å². The van der Waals surface area contributed by atoms with E-state index in [-0.39, 0.29) is 23.7 Å². The molecule has 9 heteroatoms. The topological polar surface area (TPSA) is 83.8 Å². The Hall–Kier alpha value is -2.91. The van der Waals surface area contributed by atoms with Gasteiger partial charge in [0.2, 0.25) is 0 Å². The van der Waals surface area contributed by atoms with Crippen molar-refractivity contribution in [1.82, 2.24) is 4.57 Å². The molecule has 1 heterocycles. The number of esters is 2. The molecule has 0 amide bonds. The van der Waals surface area contributed by atoms with Gasteiger partial charge in [-0.3, -0.25) is 14.2 Å². The van der Waals surface area contributed by atoms with Crippen molar-refractivity contribution in [3.05, 3.63) is 91.6 Å². The Balaban J connectivity index is 1.65. The molecular weight excluding hydrogens is 654 g/mol. The van der Waals surface area contributed by atoms with Gasteiger partial charge in [0.1, 0.15) is 16.4 Å². The molecule has 1 aromatic heterocycles. The van der Waals surface area contributed by atoms with Crippen LogP contribution in [0.25, 0.3) is 0 Å². The Morgan fingerprint density at radius 2 is 1.22 bits per heavy atom. The first kappa shape index (κ1) is 28.2. The van der Waals surface area contributed by atoms with Gasteiger partial charge in [0, 0.05) is 32.2 Å². The van der Waals surface area contributed by atoms with Crippen molar-refractivity contribution >= 4 is 49.9 Å². The number of aromatic nitrogens is 1. The van der Waals surface area contributed by atoms with Crippen molar-refractivity contribution in [3.63, 3.8) is 0 Å². The summed E-state index contributed by atoms with van der Waals surface area (Å²) in [4.78, 5) is 41.6. The van der Waals surface area contributed by atoms with E-state index in [4.69, 9.17) is 14.2 Å². The van der Waals surface area contributed by atoms with E-state index in [0.29, 0.717) is 11.4 Å². The average molecular weight is 685 g/mol. The molecular formula is C32H31Br2NO6. The fraction of sp³-hybridized carbons (Fsp3) is 0.406. The number of rotatable bonds is 4. The van der Waals surface area contributed by atoms with E-state index in [0.717, 1.165) is 25.6 Å². The maximum absolute atomic E-state index is 14.0. The van der Waals surface area contributed by atoms with Gasteiger partial charge in [-0.1, -0.05) is 56.1 Å². The third kappa shape index (κ3) is 3.77. The molecule has 2 saturated carbocycles. The molecule has 3 aromatic rings. The number of hydrogen-bond acceptors (Lipinski definition) is 6. The molecule has 2 aromatic carbocycles. The second-order valence-corrected chi connectivity index (χ2v) is 14.0. The average Bonchev–Trinajstić information content (AvgIpc) is 3.76. The van der Waals surface area contributed by atoms with Crippen LogP contribution in [0.2, 0.25) is 0 Å². The minimum absolute atomic E-state index is 0.245. The Labute approximate surface area is 255 Å². The highest BCUT2D eigenvalue weighted by atomic mass is 79.9. The molecule has 6 atom stereocenters. The molecule has 214 valence electrons. The third-order valence-corrected chi connectivity index (χ3v) is 10.1. The van der Waals surface area contributed by atoms with Gasteiger partial charge in [0.05, 0.1) is 14.2 Å². The van der Waals surface area contributed by atoms with Crippen LogP contribution in [-0.2, 0) is 34.6 Å². The van der Waals surface area contributed by atoms with Crippen LogP contribution >= 0.6 is 31.9 Å². The highest BCUT2D eigenvalue weighted by Crippen LogP contribution is 2.86. The van der Waals surface area contributed by atoms with Gasteiger partial charge in [-0.05, 0) is 86.6 Å². The Kier molecular flexibility index (Phi) is 6.40. The molecule has 0 bridgehead atoms. The molecule has 7 nitrogen and oxygen atoms in total. The molecule has 41 heavy (non-hydrogen) atoms. The lowest BCUT2D eigenvalue weighted by Gasteiger charge is -2.23. The maximum atomic E-state index is 14.0. The number of benzene rings is 2. The van der Waals surface area contributed by atoms with Crippen molar-refractivity contribution in [1.29, 1.82) is 0 Å². The highest BCUT2D eigenvalue weighted by Gasteiger charge is 2.89. The molecule has 2 fully saturated rings. The zero-order valence-corrected chi connectivity index (χ0v) is 26.8. The maximum Gasteiger partial charge on any atom is 0.418 e. The first-order valence-corrected chi connectivity index (χ1v) is 15.1. The minimum atomic E-state index is -1.10. The molecule has 0 unspecified atom stereocenters. The molecule has 0 spiro atoms. The van der Waals surface area contributed by atoms with Crippen LogP contribution in [-0.4, -0.2) is 42.4 Å². The minimum Gasteiger partial charge on any atom is -0.468 e. The number of fused-ring (bicyclic) bond motifs is 6. The summed E-state index contributed by atoms with van der Waals surface area (Å²) in [7, 11) is 2.79. The van der Waals surface area contributed by atoms with E-state index in [9.17, 15) is 14.4 Å². The number of hydrogen-bond donors (Lipinski definition) is 0. The van der Waals surface area contributed by atoms with E-state index in [1.165, 1.54) is 14.2 Å². The van der Waals surface area contributed by atoms with Gasteiger partial charge in [0.15, 0.2) is 0 Å². The largest absolute Gasteiger partial charge is 0.468 e. The zero-order valence-electron chi connectivity index (χ0n) is 23.7. The number of methoxy groups -OCH3 is 2. The van der Waals surface area contributed by atoms with E-state index < -0.39 is 34.4 Å². The predicted octanol–water partition coefficient (Wildman–Crippen LogP) is 6.77. The van der Waals surface area contributed by atoms with Crippen LogP contribution < -0.4 is 0 Å². The van der Waals surface area contributed by atoms with Crippen LogP contribution in [0.4, 0.5) is 4.79 Å². The first-order chi connectivity index (χ1) is 19.3. The van der Waals surface area contributed by atoms with Crippen LogP contribution in [0.15, 0.2) is 63.5 Å². The lowest BCUT2D eigenvalue weighted by atomic mass is 9.85. The van der Waals surface area contributed by atoms with Gasteiger partial charge in [-0.15, -0.1) is 0 Å². The van der Waals surface area contributed by atoms with Crippen molar-refractivity contribution < 1.29 is 28.6 Å². The SMILES string of the molecule is COC(=O)[C@]1(c2ccc(Br)cc2)[C@H]2[C@H]3[C@@H](c4c(cc(C)n4C(=O)OC(C)(C)C)[C@H]21)[C@@]3(C(=O)OC)c1ccc(Br)cc1. The van der Waals surface area contributed by atoms with Crippen molar-refractivity contribution in [2.45, 2.75) is 56.0 Å². The Bertz CT molecular complexity index is 1590. The van der Waals surface area contributed by atoms with Crippen molar-refractivity contribution in [2.75, 3.05) is 14.2 Å². The zero-order chi connectivity index (χ0) is 29.6. The normalized spacial score (nSPS) is 29.0. The van der Waals surface area contributed by atoms with Crippen LogP contribution in [0.5, 0.6) is 0 Å². The van der Waals surface area contributed by atoms with Crippen LogP contribution in [0, 0.1) is 18.8 Å². The molecule has 0 aliphatic heterocycles. The second kappa shape index (κ2) is 9.30. The van der Waals surface area contributed by atoms with Crippen molar-refractivity contribution in [2.24, 2.45) is 11.8 Å². The third-order valence-electron chi connectivity index (χ3n) is 9.07. The smallest absolute Gasteiger partial charge is 0.418 e. The van der Waals surface area contributed by atoms with Gasteiger partial charge in [-0.2, -0.15) is 0 Å². The molecule has 0 saturated heterocycles. The Morgan fingerprint density at radius 1 is 0.780 bits per heavy atom. The van der Waals surface area contributed by atoms with Gasteiger partial charge >= 0.3 is 18.0 Å². The number of carbonyl (C=O) groups excluding carboxylic acids is 3. The molecule has 6 rings (SSSR count). The number of halogens is 2. The summed E-state index contributed by atoms with van der Waals surface area (Å²) in [6.07, 6.45) is -0.511. The summed E-state index contributed by atoms with van der Waals surface area (Å²) in [5.41, 5.74) is 1.02. The van der Waals surface area contributed by atoms with E-state index in [2.05, 4.69) is 31.9 Å². The Morgan fingerprint density at radius 3 is 1.66 bits per heavy atom. The summed E-state index contributed by atoms with van der Waals surface area (Å²) in [5, 5.41) is 0. The van der Waals surface area contributed by atoms with Crippen molar-refractivity contribution in [3.8, 4) is 0 Å². The summed E-state index contributed by atoms with van der Waals surface area (Å²) in [6.45, 7) is 7.33. The summed E-state index contributed by atoms with van der Waals surface area (Å²) in [5.74, 6) is -2.01. The standard InChI is InChI=1S/C32H31Br2NO6/c1-16-15-21-22-23(31(22,27(36)39-5)17-7-11-19(33)12-8-17)24-25(26(21)35(16)29(38)41-30(2,3)4)32(24,28(37)40-6)18-9-13-20(34)14-10-18/h7-15,22-25H,1-6H3/t22-,23-,24+,25+,31+,32-/m1/s1.